The third kappa shape index (κ3) is 3.50. The number of benzene rings is 2. The number of aromatic nitrogens is 3. The number of hydrogen-bond acceptors (Lipinski definition) is 5. The lowest BCUT2D eigenvalue weighted by atomic mass is 10.2. The highest BCUT2D eigenvalue weighted by Gasteiger charge is 2.13. The number of fused-ring (bicyclic) bond motifs is 2. The lowest BCUT2D eigenvalue weighted by Crippen LogP contribution is -1.93. The number of halogens is 2. The Balaban J connectivity index is 0.00000205. The molecule has 0 aliphatic carbocycles. The van der Waals surface area contributed by atoms with Crippen molar-refractivity contribution in [3.05, 3.63) is 72.8 Å². The number of nitrogens with zero attached hydrogens (tertiary/aromatic N) is 3. The summed E-state index contributed by atoms with van der Waals surface area (Å²) in [6.45, 7) is 0. The van der Waals surface area contributed by atoms with Crippen LogP contribution in [0.4, 0.5) is 10.1 Å². The Kier molecular flexibility index (Phi) is 5.08. The fourth-order valence-electron chi connectivity index (χ4n) is 3.12. The van der Waals surface area contributed by atoms with Crippen LogP contribution in [0.3, 0.4) is 0 Å². The molecular formula is C21H16ClFN4OS. The molecule has 3 heterocycles. The molecule has 29 heavy (non-hydrogen) atoms. The molecule has 0 aliphatic rings. The maximum absolute atomic E-state index is 13.5. The number of rotatable bonds is 4. The monoisotopic (exact) mass is 426 g/mol. The number of thiazole rings is 1. The van der Waals surface area contributed by atoms with E-state index < -0.39 is 0 Å². The minimum absolute atomic E-state index is 0. The Morgan fingerprint density at radius 2 is 2.00 bits per heavy atom. The highest BCUT2D eigenvalue weighted by molar-refractivity contribution is 7.20. The van der Waals surface area contributed by atoms with Crippen molar-refractivity contribution in [2.75, 3.05) is 12.4 Å². The minimum atomic E-state index is -0.257. The van der Waals surface area contributed by atoms with Gasteiger partial charge < -0.3 is 10.1 Å². The SMILES string of the molecule is CNc1ccnc(Oc2cccc3c2ccn3-c2nc3ccc(F)cc3s2)c1.Cl. The summed E-state index contributed by atoms with van der Waals surface area (Å²) in [6, 6.07) is 16.2. The first-order valence-corrected chi connectivity index (χ1v) is 9.51. The van der Waals surface area contributed by atoms with Crippen LogP contribution in [0.2, 0.25) is 0 Å². The third-order valence-corrected chi connectivity index (χ3v) is 5.49. The zero-order valence-corrected chi connectivity index (χ0v) is 16.9. The number of hydrogen-bond donors (Lipinski definition) is 1. The van der Waals surface area contributed by atoms with E-state index in [1.807, 2.05) is 54.2 Å². The molecule has 5 aromatic rings. The largest absolute Gasteiger partial charge is 0.438 e. The number of ether oxygens (including phenoxy) is 1. The van der Waals surface area contributed by atoms with Crippen LogP contribution in [0.1, 0.15) is 0 Å². The molecule has 0 saturated carbocycles. The van der Waals surface area contributed by atoms with Crippen LogP contribution in [-0.2, 0) is 0 Å². The second-order valence-electron chi connectivity index (χ2n) is 6.22. The lowest BCUT2D eigenvalue weighted by Gasteiger charge is -2.08. The lowest BCUT2D eigenvalue weighted by molar-refractivity contribution is 0.468. The Hall–Kier alpha value is -3.16. The molecule has 0 radical (unpaired) electrons. The van der Waals surface area contributed by atoms with Gasteiger partial charge in [0.15, 0.2) is 5.13 Å². The minimum Gasteiger partial charge on any atom is -0.438 e. The van der Waals surface area contributed by atoms with E-state index in [2.05, 4.69) is 15.3 Å². The van der Waals surface area contributed by atoms with Gasteiger partial charge >= 0.3 is 0 Å². The maximum Gasteiger partial charge on any atom is 0.221 e. The van der Waals surface area contributed by atoms with Crippen LogP contribution in [-0.4, -0.2) is 21.6 Å². The van der Waals surface area contributed by atoms with E-state index in [-0.39, 0.29) is 18.2 Å². The van der Waals surface area contributed by atoms with Crippen molar-refractivity contribution in [1.29, 1.82) is 0 Å². The van der Waals surface area contributed by atoms with Gasteiger partial charge in [-0.2, -0.15) is 0 Å². The van der Waals surface area contributed by atoms with Crippen molar-refractivity contribution in [3.8, 4) is 16.8 Å². The zero-order chi connectivity index (χ0) is 19.1. The average molecular weight is 427 g/mol. The third-order valence-electron chi connectivity index (χ3n) is 4.48. The Bertz CT molecular complexity index is 1320. The molecule has 8 heteroatoms. The maximum atomic E-state index is 13.5. The van der Waals surface area contributed by atoms with Gasteiger partial charge in [0.1, 0.15) is 11.6 Å². The molecule has 146 valence electrons. The average Bonchev–Trinajstić information content (AvgIpc) is 3.32. The van der Waals surface area contributed by atoms with E-state index >= 15 is 0 Å². The van der Waals surface area contributed by atoms with E-state index in [1.165, 1.54) is 23.5 Å². The van der Waals surface area contributed by atoms with Crippen molar-refractivity contribution in [1.82, 2.24) is 14.5 Å². The van der Waals surface area contributed by atoms with E-state index in [0.717, 1.165) is 31.9 Å². The van der Waals surface area contributed by atoms with Crippen molar-refractivity contribution >= 4 is 50.6 Å². The number of pyridine rings is 1. The predicted octanol–water partition coefficient (Wildman–Crippen LogP) is 6.03. The van der Waals surface area contributed by atoms with Crippen LogP contribution >= 0.6 is 23.7 Å². The van der Waals surface area contributed by atoms with Crippen molar-refractivity contribution in [2.24, 2.45) is 0 Å². The van der Waals surface area contributed by atoms with Gasteiger partial charge in [0.05, 0.1) is 15.7 Å². The van der Waals surface area contributed by atoms with Crippen LogP contribution in [0, 0.1) is 5.82 Å². The van der Waals surface area contributed by atoms with Gasteiger partial charge in [0, 0.05) is 36.6 Å². The van der Waals surface area contributed by atoms with E-state index in [0.29, 0.717) is 11.6 Å². The van der Waals surface area contributed by atoms with Crippen LogP contribution in [0.25, 0.3) is 26.3 Å². The molecule has 5 rings (SSSR count). The van der Waals surface area contributed by atoms with Gasteiger partial charge in [0.25, 0.3) is 0 Å². The molecule has 0 unspecified atom stereocenters. The van der Waals surface area contributed by atoms with Crippen molar-refractivity contribution in [3.63, 3.8) is 0 Å². The summed E-state index contributed by atoms with van der Waals surface area (Å²) in [7, 11) is 1.85. The van der Waals surface area contributed by atoms with Crippen molar-refractivity contribution < 1.29 is 9.13 Å². The molecule has 1 N–H and O–H groups in total. The summed E-state index contributed by atoms with van der Waals surface area (Å²) in [5.74, 6) is 0.971. The van der Waals surface area contributed by atoms with Crippen molar-refractivity contribution in [2.45, 2.75) is 0 Å². The summed E-state index contributed by atoms with van der Waals surface area (Å²) in [5.41, 5.74) is 2.67. The molecule has 0 spiro atoms. The molecule has 5 nitrogen and oxygen atoms in total. The summed E-state index contributed by atoms with van der Waals surface area (Å²) < 4.78 is 22.3. The summed E-state index contributed by atoms with van der Waals surface area (Å²) >= 11 is 1.45. The molecule has 0 atom stereocenters. The predicted molar refractivity (Wildman–Crippen MR) is 118 cm³/mol. The van der Waals surface area contributed by atoms with Crippen LogP contribution in [0.5, 0.6) is 11.6 Å². The molecule has 2 aromatic carbocycles. The first-order valence-electron chi connectivity index (χ1n) is 8.69. The van der Waals surface area contributed by atoms with Gasteiger partial charge in [-0.1, -0.05) is 17.4 Å². The quantitative estimate of drug-likeness (QED) is 0.381. The first kappa shape index (κ1) is 19.2. The zero-order valence-electron chi connectivity index (χ0n) is 15.3. The number of anilines is 1. The standard InChI is InChI=1S/C21H15FN4OS.ClH/c1-23-14-7-9-24-20(12-14)27-18-4-2-3-17-15(18)8-10-26(17)21-25-16-6-5-13(22)11-19(16)28-21;/h2-12H,1H3,(H,23,24);1H. The highest BCUT2D eigenvalue weighted by atomic mass is 35.5. The smallest absolute Gasteiger partial charge is 0.221 e. The fraction of sp³-hybridized carbons (Fsp3) is 0.0476. The van der Waals surface area contributed by atoms with Crippen LogP contribution in [0.15, 0.2) is 67.0 Å². The highest BCUT2D eigenvalue weighted by Crippen LogP contribution is 2.34. The first-order chi connectivity index (χ1) is 13.7. The van der Waals surface area contributed by atoms with E-state index in [1.54, 1.807) is 12.3 Å². The number of nitrogens with one attached hydrogen (secondary N) is 1. The summed E-state index contributed by atoms with van der Waals surface area (Å²) in [4.78, 5) is 8.91. The molecule has 0 amide bonds. The van der Waals surface area contributed by atoms with Crippen LogP contribution < -0.4 is 10.1 Å². The normalized spacial score (nSPS) is 10.8. The van der Waals surface area contributed by atoms with Gasteiger partial charge in [-0.05, 0) is 42.5 Å². The second-order valence-corrected chi connectivity index (χ2v) is 7.23. The Labute approximate surface area is 176 Å². The van der Waals surface area contributed by atoms with Gasteiger partial charge in [0.2, 0.25) is 5.88 Å². The molecular weight excluding hydrogens is 411 g/mol. The fourth-order valence-corrected chi connectivity index (χ4v) is 4.11. The topological polar surface area (TPSA) is 52.0 Å². The molecule has 0 bridgehead atoms. The van der Waals surface area contributed by atoms with Gasteiger partial charge in [-0.25, -0.2) is 14.4 Å². The molecule has 0 saturated heterocycles. The van der Waals surface area contributed by atoms with Gasteiger partial charge in [-0.15, -0.1) is 12.4 Å². The van der Waals surface area contributed by atoms with Gasteiger partial charge in [-0.3, -0.25) is 4.57 Å². The van der Waals surface area contributed by atoms with E-state index in [9.17, 15) is 4.39 Å². The summed E-state index contributed by atoms with van der Waals surface area (Å²) in [6.07, 6.45) is 3.65. The molecule has 0 fully saturated rings. The molecule has 0 aliphatic heterocycles. The summed E-state index contributed by atoms with van der Waals surface area (Å²) in [5, 5.41) is 4.80. The second kappa shape index (κ2) is 7.69. The Morgan fingerprint density at radius 1 is 1.10 bits per heavy atom. The van der Waals surface area contributed by atoms with E-state index in [4.69, 9.17) is 4.74 Å². The molecule has 3 aromatic heterocycles. The Morgan fingerprint density at radius 3 is 2.86 bits per heavy atom.